The van der Waals surface area contributed by atoms with Gasteiger partial charge in [-0.25, -0.2) is 17.2 Å². The number of amidine groups is 1. The predicted octanol–water partition coefficient (Wildman–Crippen LogP) is 1.28. The third kappa shape index (κ3) is 1.61. The van der Waals surface area contributed by atoms with Crippen molar-refractivity contribution >= 4 is 21.4 Å². The van der Waals surface area contributed by atoms with E-state index in [1.165, 1.54) is 19.1 Å². The van der Waals surface area contributed by atoms with Crippen molar-refractivity contribution in [1.82, 2.24) is 0 Å². The van der Waals surface area contributed by atoms with Crippen LogP contribution in [0.2, 0.25) is 0 Å². The first-order valence-electron chi connectivity index (χ1n) is 6.90. The Morgan fingerprint density at radius 1 is 1.41 bits per heavy atom. The Bertz CT molecular complexity index is 780. The van der Waals surface area contributed by atoms with E-state index in [2.05, 4.69) is 4.99 Å². The Morgan fingerprint density at radius 2 is 2.09 bits per heavy atom. The Hall–Kier alpha value is -1.70. The highest BCUT2D eigenvalue weighted by Crippen LogP contribution is 2.51. The van der Waals surface area contributed by atoms with Gasteiger partial charge in [0.1, 0.15) is 28.6 Å². The molecule has 4 N–H and O–H groups in total. The maximum Gasteiger partial charge on any atom is 0.168 e. The molecule has 3 atom stereocenters. The number of nitrogen functional groups attached to an aromatic ring is 1. The quantitative estimate of drug-likeness (QED) is 0.799. The molecule has 0 radical (unpaired) electrons. The molecule has 0 amide bonds. The van der Waals surface area contributed by atoms with Crippen LogP contribution in [0.1, 0.15) is 25.3 Å². The average Bonchev–Trinajstić information content (AvgIpc) is 2.63. The molecule has 0 unspecified atom stereocenters. The van der Waals surface area contributed by atoms with Gasteiger partial charge in [0.15, 0.2) is 9.84 Å². The molecular formula is C14H17F2N3O2S. The van der Waals surface area contributed by atoms with Crippen LogP contribution in [0.25, 0.3) is 0 Å². The van der Waals surface area contributed by atoms with E-state index in [4.69, 9.17) is 11.5 Å². The van der Waals surface area contributed by atoms with Gasteiger partial charge >= 0.3 is 0 Å². The zero-order valence-corrected chi connectivity index (χ0v) is 12.8. The molecule has 1 saturated heterocycles. The summed E-state index contributed by atoms with van der Waals surface area (Å²) in [6.45, 7) is 0.326. The van der Waals surface area contributed by atoms with E-state index in [1.807, 2.05) is 0 Å². The zero-order chi connectivity index (χ0) is 16.3. The molecule has 2 bridgehead atoms. The van der Waals surface area contributed by atoms with Crippen molar-refractivity contribution in [3.63, 3.8) is 0 Å². The van der Waals surface area contributed by atoms with Crippen LogP contribution in [0.15, 0.2) is 23.2 Å². The smallest absolute Gasteiger partial charge is 0.168 e. The molecule has 120 valence electrons. The summed E-state index contributed by atoms with van der Waals surface area (Å²) in [5.41, 5.74) is 9.70. The molecular weight excluding hydrogens is 312 g/mol. The summed E-state index contributed by atoms with van der Waals surface area (Å²) in [5, 5.41) is -1.14. The number of hydrogen-bond donors (Lipinski definition) is 2. The predicted molar refractivity (Wildman–Crippen MR) is 80.4 cm³/mol. The van der Waals surface area contributed by atoms with Crippen molar-refractivity contribution in [3.8, 4) is 0 Å². The molecule has 5 nitrogen and oxygen atoms in total. The standard InChI is InChI=1S/C14H17F2N3O2S/c1-13-5-4-11(22(13,20)21)14(7-15,19-12(13)18)9-6-8(17)2-3-10(9)16/h2-3,6,11H,4-5,7,17H2,1H3,(H2,18,19)/t11-,13+,14-/m1/s1. The summed E-state index contributed by atoms with van der Waals surface area (Å²) in [6.07, 6.45) is 0.433. The van der Waals surface area contributed by atoms with Crippen molar-refractivity contribution in [2.75, 3.05) is 12.4 Å². The molecule has 0 aromatic heterocycles. The van der Waals surface area contributed by atoms with Crippen LogP contribution in [-0.4, -0.2) is 30.9 Å². The van der Waals surface area contributed by atoms with E-state index >= 15 is 0 Å². The molecule has 2 heterocycles. The van der Waals surface area contributed by atoms with Crippen molar-refractivity contribution in [1.29, 1.82) is 0 Å². The van der Waals surface area contributed by atoms with Gasteiger partial charge in [0.2, 0.25) is 0 Å². The van der Waals surface area contributed by atoms with E-state index in [9.17, 15) is 17.2 Å². The summed E-state index contributed by atoms with van der Waals surface area (Å²) in [5.74, 6) is -0.908. The number of aliphatic imine (C=N–C) groups is 1. The minimum absolute atomic E-state index is 0.157. The number of nitrogens with two attached hydrogens (primary N) is 2. The van der Waals surface area contributed by atoms with Gasteiger partial charge in [0.25, 0.3) is 0 Å². The monoisotopic (exact) mass is 329 g/mol. The van der Waals surface area contributed by atoms with Crippen LogP contribution in [0.3, 0.4) is 0 Å². The molecule has 8 heteroatoms. The highest BCUT2D eigenvalue weighted by molar-refractivity contribution is 7.94. The van der Waals surface area contributed by atoms with Gasteiger partial charge < -0.3 is 11.5 Å². The lowest BCUT2D eigenvalue weighted by atomic mass is 9.86. The average molecular weight is 329 g/mol. The second kappa shape index (κ2) is 4.41. The lowest BCUT2D eigenvalue weighted by Gasteiger charge is -2.40. The lowest BCUT2D eigenvalue weighted by Crippen LogP contribution is -2.57. The fourth-order valence-corrected chi connectivity index (χ4v) is 6.04. The van der Waals surface area contributed by atoms with Crippen LogP contribution in [0.4, 0.5) is 14.5 Å². The van der Waals surface area contributed by atoms with Crippen molar-refractivity contribution in [2.24, 2.45) is 10.7 Å². The van der Waals surface area contributed by atoms with Crippen molar-refractivity contribution < 1.29 is 17.2 Å². The molecule has 1 fully saturated rings. The summed E-state index contributed by atoms with van der Waals surface area (Å²) >= 11 is 0. The third-order valence-electron chi connectivity index (χ3n) is 4.94. The molecule has 22 heavy (non-hydrogen) atoms. The fraction of sp³-hybridized carbons (Fsp3) is 0.500. The van der Waals surface area contributed by atoms with Crippen molar-refractivity contribution in [2.45, 2.75) is 35.3 Å². The normalized spacial score (nSPS) is 36.1. The van der Waals surface area contributed by atoms with Crippen LogP contribution in [0.5, 0.6) is 0 Å². The lowest BCUT2D eigenvalue weighted by molar-refractivity contribution is 0.289. The number of sulfone groups is 1. The van der Waals surface area contributed by atoms with Gasteiger partial charge in [-0.1, -0.05) is 0 Å². The number of alkyl halides is 1. The minimum Gasteiger partial charge on any atom is -0.399 e. The van der Waals surface area contributed by atoms with E-state index in [1.54, 1.807) is 0 Å². The number of rotatable bonds is 2. The van der Waals surface area contributed by atoms with Gasteiger partial charge in [-0.2, -0.15) is 0 Å². The molecule has 0 saturated carbocycles. The van der Waals surface area contributed by atoms with Crippen LogP contribution >= 0.6 is 0 Å². The van der Waals surface area contributed by atoms with Gasteiger partial charge in [-0.3, -0.25) is 4.99 Å². The van der Waals surface area contributed by atoms with E-state index in [-0.39, 0.29) is 29.9 Å². The molecule has 1 aromatic rings. The van der Waals surface area contributed by atoms with E-state index in [0.717, 1.165) is 6.07 Å². The highest BCUT2D eigenvalue weighted by atomic mass is 32.2. The van der Waals surface area contributed by atoms with Gasteiger partial charge in [-0.15, -0.1) is 0 Å². The largest absolute Gasteiger partial charge is 0.399 e. The first kappa shape index (κ1) is 15.2. The molecule has 0 aliphatic carbocycles. The zero-order valence-electron chi connectivity index (χ0n) is 12.0. The summed E-state index contributed by atoms with van der Waals surface area (Å²) in [7, 11) is -3.78. The number of halogens is 2. The highest BCUT2D eigenvalue weighted by Gasteiger charge is 2.65. The molecule has 2 aliphatic rings. The Labute approximate surface area is 127 Å². The molecule has 3 rings (SSSR count). The van der Waals surface area contributed by atoms with Crippen molar-refractivity contribution in [3.05, 3.63) is 29.6 Å². The Morgan fingerprint density at radius 3 is 2.73 bits per heavy atom. The van der Waals surface area contributed by atoms with Crippen LogP contribution < -0.4 is 11.5 Å². The second-order valence-corrected chi connectivity index (χ2v) is 8.66. The van der Waals surface area contributed by atoms with Gasteiger partial charge in [-0.05, 0) is 38.0 Å². The molecule has 0 spiro atoms. The second-order valence-electron chi connectivity index (χ2n) is 6.10. The Balaban J connectivity index is 2.34. The topological polar surface area (TPSA) is 98.5 Å². The number of hydrogen-bond acceptors (Lipinski definition) is 5. The summed E-state index contributed by atoms with van der Waals surface area (Å²) in [6, 6.07) is 3.65. The minimum atomic E-state index is -3.78. The fourth-order valence-electron chi connectivity index (χ4n) is 3.49. The maximum atomic E-state index is 14.3. The van der Waals surface area contributed by atoms with Gasteiger partial charge in [0, 0.05) is 11.3 Å². The SMILES string of the molecule is C[C@]12CC[C@H]([C@@](CF)(c3cc(N)ccc3F)N=C1N)S2(=O)=O. The van der Waals surface area contributed by atoms with E-state index < -0.39 is 37.9 Å². The number of benzene rings is 1. The summed E-state index contributed by atoms with van der Waals surface area (Å²) in [4.78, 5) is 4.14. The maximum absolute atomic E-state index is 14.3. The molecule has 1 aromatic carbocycles. The number of fused-ring (bicyclic) bond motifs is 2. The molecule has 2 aliphatic heterocycles. The van der Waals surface area contributed by atoms with E-state index in [0.29, 0.717) is 0 Å². The number of anilines is 1. The van der Waals surface area contributed by atoms with Gasteiger partial charge in [0.05, 0.1) is 5.25 Å². The number of nitrogens with zero attached hydrogens (tertiary/aromatic N) is 1. The summed E-state index contributed by atoms with van der Waals surface area (Å²) < 4.78 is 52.5. The third-order valence-corrected chi connectivity index (χ3v) is 7.99. The Kier molecular flexibility index (Phi) is 3.05. The van der Waals surface area contributed by atoms with Crippen LogP contribution in [0, 0.1) is 5.82 Å². The first-order valence-corrected chi connectivity index (χ1v) is 8.44. The first-order chi connectivity index (χ1) is 10.2. The van der Waals surface area contributed by atoms with Crippen LogP contribution in [-0.2, 0) is 15.4 Å².